The molecule has 0 aromatic carbocycles. The van der Waals surface area contributed by atoms with Crippen LogP contribution in [0.2, 0.25) is 0 Å². The number of carbonyl (C=O) groups excluding carboxylic acids is 1. The molecule has 1 amide bonds. The largest absolute Gasteiger partial charge is 0.394 e. The van der Waals surface area contributed by atoms with E-state index in [1.54, 1.807) is 0 Å². The highest BCUT2D eigenvalue weighted by atomic mass is 16.3. The lowest BCUT2D eigenvalue weighted by atomic mass is 10.0. The third kappa shape index (κ3) is 1.85. The molecule has 0 aliphatic heterocycles. The quantitative estimate of drug-likeness (QED) is 0.670. The lowest BCUT2D eigenvalue weighted by Crippen LogP contribution is -2.38. The van der Waals surface area contributed by atoms with E-state index in [2.05, 4.69) is 5.32 Å². The maximum absolute atomic E-state index is 11.6. The average molecular weight is 183 g/mol. The van der Waals surface area contributed by atoms with Gasteiger partial charge >= 0.3 is 0 Å². The van der Waals surface area contributed by atoms with Gasteiger partial charge in [0.2, 0.25) is 5.91 Å². The Labute approximate surface area is 78.5 Å². The second-order valence-electron chi connectivity index (χ2n) is 4.52. The molecule has 2 N–H and O–H groups in total. The Balaban J connectivity index is 1.77. The Kier molecular flexibility index (Phi) is 2.28. The first-order valence-electron chi connectivity index (χ1n) is 5.12. The lowest BCUT2D eigenvalue weighted by molar-refractivity contribution is -0.126. The van der Waals surface area contributed by atoms with Crippen LogP contribution >= 0.6 is 0 Å². The maximum atomic E-state index is 11.6. The second kappa shape index (κ2) is 3.29. The fourth-order valence-corrected chi connectivity index (χ4v) is 2.34. The molecular weight excluding hydrogens is 166 g/mol. The van der Waals surface area contributed by atoms with E-state index in [0.29, 0.717) is 0 Å². The summed E-state index contributed by atoms with van der Waals surface area (Å²) in [6.45, 7) is 1.86. The van der Waals surface area contributed by atoms with Crippen molar-refractivity contribution >= 4 is 5.91 Å². The van der Waals surface area contributed by atoms with Crippen LogP contribution in [0.5, 0.6) is 0 Å². The first-order chi connectivity index (χ1) is 6.20. The summed E-state index contributed by atoms with van der Waals surface area (Å²) < 4.78 is 0. The molecule has 2 aliphatic rings. The summed E-state index contributed by atoms with van der Waals surface area (Å²) in [5, 5.41) is 11.6. The summed E-state index contributed by atoms with van der Waals surface area (Å²) in [5.74, 6) is 2.08. The first kappa shape index (κ1) is 9.00. The Morgan fingerprint density at radius 1 is 1.46 bits per heavy atom. The Bertz CT molecular complexity index is 207. The molecule has 0 saturated heterocycles. The van der Waals surface area contributed by atoms with Crippen molar-refractivity contribution in [3.63, 3.8) is 0 Å². The molecule has 0 heterocycles. The smallest absolute Gasteiger partial charge is 0.223 e. The molecule has 3 heteroatoms. The molecule has 13 heavy (non-hydrogen) atoms. The number of nitrogens with one attached hydrogen (secondary N) is 1. The molecule has 0 radical (unpaired) electrons. The van der Waals surface area contributed by atoms with Gasteiger partial charge in [-0.3, -0.25) is 4.79 Å². The summed E-state index contributed by atoms with van der Waals surface area (Å²) in [4.78, 5) is 11.6. The molecule has 2 aliphatic carbocycles. The van der Waals surface area contributed by atoms with E-state index >= 15 is 0 Å². The van der Waals surface area contributed by atoms with E-state index in [0.717, 1.165) is 24.7 Å². The van der Waals surface area contributed by atoms with E-state index in [1.165, 1.54) is 6.42 Å². The summed E-state index contributed by atoms with van der Waals surface area (Å²) in [5.41, 5.74) is 0. The van der Waals surface area contributed by atoms with Crippen LogP contribution in [-0.4, -0.2) is 23.7 Å². The molecular formula is C10H17NO2. The van der Waals surface area contributed by atoms with Crippen LogP contribution in [0.1, 0.15) is 26.2 Å². The third-order valence-corrected chi connectivity index (χ3v) is 3.28. The number of carbonyl (C=O) groups is 1. The predicted octanol–water partition coefficient (Wildman–Crippen LogP) is 0.529. The van der Waals surface area contributed by atoms with E-state index in [4.69, 9.17) is 5.11 Å². The maximum Gasteiger partial charge on any atom is 0.223 e. The fraction of sp³-hybridized carbons (Fsp3) is 0.900. The Morgan fingerprint density at radius 2 is 2.08 bits per heavy atom. The van der Waals surface area contributed by atoms with Gasteiger partial charge in [-0.1, -0.05) is 0 Å². The van der Waals surface area contributed by atoms with Crippen LogP contribution in [0.25, 0.3) is 0 Å². The number of fused-ring (bicyclic) bond motifs is 1. The molecule has 2 fully saturated rings. The van der Waals surface area contributed by atoms with Gasteiger partial charge in [0.25, 0.3) is 0 Å². The number of hydrogen-bond donors (Lipinski definition) is 2. The van der Waals surface area contributed by atoms with Crippen LogP contribution in [0.15, 0.2) is 0 Å². The van der Waals surface area contributed by atoms with Gasteiger partial charge in [-0.2, -0.15) is 0 Å². The summed E-state index contributed by atoms with van der Waals surface area (Å²) in [6, 6.07) is -0.0931. The zero-order valence-electron chi connectivity index (χ0n) is 7.99. The highest BCUT2D eigenvalue weighted by Gasteiger charge is 2.47. The zero-order chi connectivity index (χ0) is 9.42. The van der Waals surface area contributed by atoms with Crippen molar-refractivity contribution < 1.29 is 9.90 Å². The van der Waals surface area contributed by atoms with Crippen LogP contribution in [0.3, 0.4) is 0 Å². The van der Waals surface area contributed by atoms with Gasteiger partial charge in [0, 0.05) is 12.0 Å². The van der Waals surface area contributed by atoms with Gasteiger partial charge in [0.15, 0.2) is 0 Å². The standard InChI is InChI=1S/C10H17NO2/c1-6(5-12)11-10(13)9-3-7-2-8(7)4-9/h6-9,12H,2-5H2,1H3,(H,11,13)/t6-,7?,8?,9?/m0/s1. The number of aliphatic hydroxyl groups is 1. The van der Waals surface area contributed by atoms with Crippen LogP contribution < -0.4 is 5.32 Å². The van der Waals surface area contributed by atoms with Gasteiger partial charge in [0.05, 0.1) is 6.61 Å². The van der Waals surface area contributed by atoms with Gasteiger partial charge in [-0.25, -0.2) is 0 Å². The van der Waals surface area contributed by atoms with Crippen molar-refractivity contribution in [3.8, 4) is 0 Å². The van der Waals surface area contributed by atoms with Crippen molar-refractivity contribution in [3.05, 3.63) is 0 Å². The van der Waals surface area contributed by atoms with Crippen molar-refractivity contribution in [1.29, 1.82) is 0 Å². The predicted molar refractivity (Wildman–Crippen MR) is 49.0 cm³/mol. The number of aliphatic hydroxyl groups excluding tert-OH is 1. The van der Waals surface area contributed by atoms with E-state index < -0.39 is 0 Å². The van der Waals surface area contributed by atoms with Crippen LogP contribution in [0.4, 0.5) is 0 Å². The highest BCUT2D eigenvalue weighted by molar-refractivity contribution is 5.79. The van der Waals surface area contributed by atoms with Gasteiger partial charge < -0.3 is 10.4 Å². The van der Waals surface area contributed by atoms with E-state index in [1.807, 2.05) is 6.92 Å². The highest BCUT2D eigenvalue weighted by Crippen LogP contribution is 2.54. The number of hydrogen-bond acceptors (Lipinski definition) is 2. The van der Waals surface area contributed by atoms with Crippen LogP contribution in [0, 0.1) is 17.8 Å². The number of amides is 1. The second-order valence-corrected chi connectivity index (χ2v) is 4.52. The lowest BCUT2D eigenvalue weighted by Gasteiger charge is -2.15. The molecule has 2 unspecified atom stereocenters. The average Bonchev–Trinajstić information content (AvgIpc) is 2.73. The molecule has 74 valence electrons. The minimum Gasteiger partial charge on any atom is -0.394 e. The Morgan fingerprint density at radius 3 is 2.62 bits per heavy atom. The van der Waals surface area contributed by atoms with Crippen molar-refractivity contribution in [2.75, 3.05) is 6.61 Å². The Hall–Kier alpha value is -0.570. The normalized spacial score (nSPS) is 38.2. The molecule has 0 bridgehead atoms. The zero-order valence-corrected chi connectivity index (χ0v) is 7.99. The minimum atomic E-state index is -0.0931. The van der Waals surface area contributed by atoms with Crippen LogP contribution in [-0.2, 0) is 4.79 Å². The molecule has 3 atom stereocenters. The first-order valence-corrected chi connectivity index (χ1v) is 5.12. The SMILES string of the molecule is C[C@@H](CO)NC(=O)C1CC2CC2C1. The summed E-state index contributed by atoms with van der Waals surface area (Å²) >= 11 is 0. The van der Waals surface area contributed by atoms with E-state index in [-0.39, 0.29) is 24.5 Å². The van der Waals surface area contributed by atoms with E-state index in [9.17, 15) is 4.79 Å². The van der Waals surface area contributed by atoms with Gasteiger partial charge in [0.1, 0.15) is 0 Å². The van der Waals surface area contributed by atoms with Crippen molar-refractivity contribution in [1.82, 2.24) is 5.32 Å². The van der Waals surface area contributed by atoms with Gasteiger partial charge in [-0.15, -0.1) is 0 Å². The molecule has 2 rings (SSSR count). The number of rotatable bonds is 3. The summed E-state index contributed by atoms with van der Waals surface area (Å²) in [6.07, 6.45) is 3.50. The third-order valence-electron chi connectivity index (χ3n) is 3.28. The summed E-state index contributed by atoms with van der Waals surface area (Å²) in [7, 11) is 0. The topological polar surface area (TPSA) is 49.3 Å². The van der Waals surface area contributed by atoms with Crippen molar-refractivity contribution in [2.24, 2.45) is 17.8 Å². The minimum absolute atomic E-state index is 0.0331. The van der Waals surface area contributed by atoms with Gasteiger partial charge in [-0.05, 0) is 38.0 Å². The van der Waals surface area contributed by atoms with Crippen molar-refractivity contribution in [2.45, 2.75) is 32.2 Å². The molecule has 0 aromatic rings. The molecule has 2 saturated carbocycles. The monoisotopic (exact) mass is 183 g/mol. The fourth-order valence-electron chi connectivity index (χ4n) is 2.34. The molecule has 0 spiro atoms. The molecule has 3 nitrogen and oxygen atoms in total. The molecule has 0 aromatic heterocycles.